The van der Waals surface area contributed by atoms with Crippen LogP contribution >= 0.6 is 0 Å². The zero-order valence-corrected chi connectivity index (χ0v) is 18.8. The van der Waals surface area contributed by atoms with E-state index in [2.05, 4.69) is 10.6 Å². The number of piperidine rings is 1. The van der Waals surface area contributed by atoms with E-state index >= 15 is 0 Å². The van der Waals surface area contributed by atoms with Crippen LogP contribution in [0.5, 0.6) is 5.75 Å². The maximum Gasteiger partial charge on any atom is 0.254 e. The van der Waals surface area contributed by atoms with Gasteiger partial charge in [0.2, 0.25) is 11.8 Å². The molecule has 3 amide bonds. The number of anilines is 2. The van der Waals surface area contributed by atoms with E-state index in [1.54, 1.807) is 42.3 Å². The lowest BCUT2D eigenvalue weighted by Gasteiger charge is -2.32. The predicted molar refractivity (Wildman–Crippen MR) is 129 cm³/mol. The number of nitrogens with one attached hydrogen (secondary N) is 2. The molecule has 2 N–H and O–H groups in total. The number of fused-ring (bicyclic) bond motifs is 1. The average Bonchev–Trinajstić information content (AvgIpc) is 2.84. The lowest BCUT2D eigenvalue weighted by atomic mass is 9.95. The van der Waals surface area contributed by atoms with Gasteiger partial charge < -0.3 is 20.3 Å². The number of nitrogens with zero attached hydrogens (tertiary/aromatic N) is 1. The van der Waals surface area contributed by atoms with Gasteiger partial charge in [-0.05, 0) is 54.6 Å². The van der Waals surface area contributed by atoms with Crippen molar-refractivity contribution in [1.29, 1.82) is 0 Å². The highest BCUT2D eigenvalue weighted by atomic mass is 16.5. The van der Waals surface area contributed by atoms with E-state index in [9.17, 15) is 14.4 Å². The van der Waals surface area contributed by atoms with Crippen LogP contribution in [0.1, 0.15) is 30.1 Å². The van der Waals surface area contributed by atoms with Gasteiger partial charge in [0.15, 0.2) is 0 Å². The molecule has 7 heteroatoms. The Morgan fingerprint density at radius 3 is 2.24 bits per heavy atom. The molecule has 1 atom stereocenters. The minimum atomic E-state index is -0.290. The fourth-order valence-electron chi connectivity index (χ4n) is 4.27. The van der Waals surface area contributed by atoms with E-state index < -0.39 is 0 Å². The fraction of sp³-hybridized carbons (Fsp3) is 0.269. The van der Waals surface area contributed by atoms with Crippen LogP contribution in [0.2, 0.25) is 0 Å². The zero-order chi connectivity index (χ0) is 23.4. The summed E-state index contributed by atoms with van der Waals surface area (Å²) in [7, 11) is 1.62. The summed E-state index contributed by atoms with van der Waals surface area (Å²) in [6, 6.07) is 18.3. The molecule has 1 aliphatic rings. The van der Waals surface area contributed by atoms with Crippen LogP contribution in [-0.4, -0.2) is 42.8 Å². The minimum absolute atomic E-state index is 0.0778. The highest BCUT2D eigenvalue weighted by molar-refractivity contribution is 6.08. The monoisotopic (exact) mass is 445 g/mol. The number of ether oxygens (including phenoxy) is 1. The summed E-state index contributed by atoms with van der Waals surface area (Å²) in [5, 5.41) is 7.36. The molecule has 0 aliphatic carbocycles. The SMILES string of the molecule is COc1ccc(C(=O)N2CCC[C@H](C(=O)Nc3ccc(NC(C)=O)cc3)C2)c2ccccc12. The second kappa shape index (κ2) is 9.73. The summed E-state index contributed by atoms with van der Waals surface area (Å²) in [5.74, 6) is 0.0959. The third-order valence-electron chi connectivity index (χ3n) is 5.89. The highest BCUT2D eigenvalue weighted by Crippen LogP contribution is 2.30. The Hall–Kier alpha value is -3.87. The molecule has 0 aromatic heterocycles. The van der Waals surface area contributed by atoms with Crippen LogP contribution < -0.4 is 15.4 Å². The van der Waals surface area contributed by atoms with Crippen molar-refractivity contribution in [2.24, 2.45) is 5.92 Å². The molecule has 1 saturated heterocycles. The van der Waals surface area contributed by atoms with Gasteiger partial charge >= 0.3 is 0 Å². The number of hydrogen-bond donors (Lipinski definition) is 2. The topological polar surface area (TPSA) is 87.7 Å². The largest absolute Gasteiger partial charge is 0.496 e. The Morgan fingerprint density at radius 2 is 1.58 bits per heavy atom. The van der Waals surface area contributed by atoms with Crippen LogP contribution in [0, 0.1) is 5.92 Å². The molecule has 1 heterocycles. The normalized spacial score (nSPS) is 15.7. The van der Waals surface area contributed by atoms with Gasteiger partial charge in [0.25, 0.3) is 5.91 Å². The number of carbonyl (C=O) groups is 3. The third-order valence-corrected chi connectivity index (χ3v) is 5.89. The van der Waals surface area contributed by atoms with Crippen LogP contribution in [0.15, 0.2) is 60.7 Å². The maximum atomic E-state index is 13.4. The highest BCUT2D eigenvalue weighted by Gasteiger charge is 2.29. The molecule has 4 rings (SSSR count). The maximum absolute atomic E-state index is 13.4. The molecule has 3 aromatic rings. The van der Waals surface area contributed by atoms with Crippen molar-refractivity contribution in [1.82, 2.24) is 4.90 Å². The number of carbonyl (C=O) groups excluding carboxylic acids is 3. The molecular formula is C26H27N3O4. The molecular weight excluding hydrogens is 418 g/mol. The third kappa shape index (κ3) is 4.98. The van der Waals surface area contributed by atoms with Crippen molar-refractivity contribution < 1.29 is 19.1 Å². The van der Waals surface area contributed by atoms with Gasteiger partial charge in [0, 0.05) is 42.3 Å². The number of amides is 3. The van der Waals surface area contributed by atoms with E-state index in [0.717, 1.165) is 29.4 Å². The molecule has 3 aromatic carbocycles. The van der Waals surface area contributed by atoms with Gasteiger partial charge in [0.1, 0.15) is 5.75 Å². The number of benzene rings is 3. The number of likely N-dealkylation sites (tertiary alicyclic amines) is 1. The predicted octanol–water partition coefficient (Wildman–Crippen LogP) is 4.30. The Kier molecular flexibility index (Phi) is 6.58. The summed E-state index contributed by atoms with van der Waals surface area (Å²) in [6.07, 6.45) is 1.49. The first-order valence-corrected chi connectivity index (χ1v) is 11.0. The molecule has 7 nitrogen and oxygen atoms in total. The Balaban J connectivity index is 1.46. The summed E-state index contributed by atoms with van der Waals surface area (Å²) in [4.78, 5) is 39.2. The van der Waals surface area contributed by atoms with Gasteiger partial charge in [-0.1, -0.05) is 24.3 Å². The summed E-state index contributed by atoms with van der Waals surface area (Å²) >= 11 is 0. The summed E-state index contributed by atoms with van der Waals surface area (Å²) in [6.45, 7) is 2.43. The molecule has 0 saturated carbocycles. The second-order valence-electron chi connectivity index (χ2n) is 8.20. The van der Waals surface area contributed by atoms with E-state index in [0.29, 0.717) is 30.0 Å². The van der Waals surface area contributed by atoms with Gasteiger partial charge in [0.05, 0.1) is 13.0 Å². The molecule has 1 aliphatic heterocycles. The molecule has 0 bridgehead atoms. The molecule has 170 valence electrons. The first-order valence-electron chi connectivity index (χ1n) is 11.0. The molecule has 0 spiro atoms. The van der Waals surface area contributed by atoms with Crippen molar-refractivity contribution in [2.45, 2.75) is 19.8 Å². The van der Waals surface area contributed by atoms with Gasteiger partial charge in [-0.2, -0.15) is 0 Å². The van der Waals surface area contributed by atoms with Gasteiger partial charge in [-0.15, -0.1) is 0 Å². The Morgan fingerprint density at radius 1 is 0.909 bits per heavy atom. The molecule has 0 radical (unpaired) electrons. The van der Waals surface area contributed by atoms with Crippen molar-refractivity contribution in [3.63, 3.8) is 0 Å². The van der Waals surface area contributed by atoms with Crippen LogP contribution in [0.4, 0.5) is 11.4 Å². The van der Waals surface area contributed by atoms with Crippen LogP contribution in [0.3, 0.4) is 0 Å². The minimum Gasteiger partial charge on any atom is -0.496 e. The molecule has 0 unspecified atom stereocenters. The lowest BCUT2D eigenvalue weighted by Crippen LogP contribution is -2.43. The number of hydrogen-bond acceptors (Lipinski definition) is 4. The van der Waals surface area contributed by atoms with E-state index in [1.807, 2.05) is 30.3 Å². The quantitative estimate of drug-likeness (QED) is 0.613. The first kappa shape index (κ1) is 22.3. The average molecular weight is 446 g/mol. The van der Waals surface area contributed by atoms with Gasteiger partial charge in [-0.3, -0.25) is 14.4 Å². The van der Waals surface area contributed by atoms with Crippen molar-refractivity contribution >= 4 is 39.9 Å². The second-order valence-corrected chi connectivity index (χ2v) is 8.20. The lowest BCUT2D eigenvalue weighted by molar-refractivity contribution is -0.121. The van der Waals surface area contributed by atoms with Gasteiger partial charge in [-0.25, -0.2) is 0 Å². The van der Waals surface area contributed by atoms with Crippen molar-refractivity contribution in [2.75, 3.05) is 30.8 Å². The summed E-state index contributed by atoms with van der Waals surface area (Å²) in [5.41, 5.74) is 1.93. The standard InChI is InChI=1S/C26H27N3O4/c1-17(30)27-19-9-11-20(12-10-19)28-25(31)18-6-5-15-29(16-18)26(32)23-13-14-24(33-2)22-8-4-3-7-21(22)23/h3-4,7-14,18H,5-6,15-16H2,1-2H3,(H,27,30)(H,28,31)/t18-/m0/s1. The smallest absolute Gasteiger partial charge is 0.254 e. The van der Waals surface area contributed by atoms with Crippen molar-refractivity contribution in [3.8, 4) is 5.75 Å². The molecule has 1 fully saturated rings. The van der Waals surface area contributed by atoms with Crippen LogP contribution in [-0.2, 0) is 9.59 Å². The van der Waals surface area contributed by atoms with E-state index in [-0.39, 0.29) is 23.6 Å². The van der Waals surface area contributed by atoms with Crippen molar-refractivity contribution in [3.05, 3.63) is 66.2 Å². The zero-order valence-electron chi connectivity index (χ0n) is 18.8. The number of rotatable bonds is 5. The summed E-state index contributed by atoms with van der Waals surface area (Å²) < 4.78 is 5.44. The van der Waals surface area contributed by atoms with E-state index in [1.165, 1.54) is 6.92 Å². The Labute approximate surface area is 192 Å². The van der Waals surface area contributed by atoms with Crippen LogP contribution in [0.25, 0.3) is 10.8 Å². The Bertz CT molecular complexity index is 1190. The number of methoxy groups -OCH3 is 1. The first-order chi connectivity index (χ1) is 16.0. The van der Waals surface area contributed by atoms with E-state index in [4.69, 9.17) is 4.74 Å². The fourth-order valence-corrected chi connectivity index (χ4v) is 4.27. The molecule has 33 heavy (non-hydrogen) atoms.